The van der Waals surface area contributed by atoms with Crippen molar-refractivity contribution in [3.05, 3.63) is 41.5 Å². The van der Waals surface area contributed by atoms with Crippen molar-refractivity contribution in [1.82, 2.24) is 4.31 Å². The van der Waals surface area contributed by atoms with Crippen LogP contribution in [0, 0.1) is 0 Å². The van der Waals surface area contributed by atoms with Gasteiger partial charge in [0.15, 0.2) is 23.0 Å². The minimum absolute atomic E-state index is 0.0398. The lowest BCUT2D eigenvalue weighted by Gasteiger charge is -2.36. The van der Waals surface area contributed by atoms with Crippen LogP contribution in [0.2, 0.25) is 0 Å². The number of esters is 1. The van der Waals surface area contributed by atoms with Gasteiger partial charge in [0.25, 0.3) is 0 Å². The largest absolute Gasteiger partial charge is 0.493 e. The Labute approximate surface area is 194 Å². The Morgan fingerprint density at radius 2 is 1.55 bits per heavy atom. The molecule has 3 rings (SSSR count). The minimum atomic E-state index is -3.99. The van der Waals surface area contributed by atoms with Gasteiger partial charge in [-0.3, -0.25) is 4.79 Å². The van der Waals surface area contributed by atoms with E-state index in [1.54, 1.807) is 13.0 Å². The highest BCUT2D eigenvalue weighted by molar-refractivity contribution is 7.89. The number of benzene rings is 2. The molecule has 33 heavy (non-hydrogen) atoms. The SMILES string of the molecule is CCOC(=O)CC1c2cc(OC)c(OC)cc2CCN1S(=O)(=O)c1ccc(OC)c(OC)c1. The van der Waals surface area contributed by atoms with E-state index in [9.17, 15) is 13.2 Å². The van der Waals surface area contributed by atoms with Crippen LogP contribution in [0.4, 0.5) is 0 Å². The van der Waals surface area contributed by atoms with E-state index < -0.39 is 22.0 Å². The summed E-state index contributed by atoms with van der Waals surface area (Å²) in [6.07, 6.45) is 0.310. The normalized spacial score (nSPS) is 16.0. The second kappa shape index (κ2) is 10.3. The molecule has 0 radical (unpaired) electrons. The summed E-state index contributed by atoms with van der Waals surface area (Å²) in [5.41, 5.74) is 1.57. The van der Waals surface area contributed by atoms with E-state index in [4.69, 9.17) is 23.7 Å². The third-order valence-electron chi connectivity index (χ3n) is 5.58. The van der Waals surface area contributed by atoms with Crippen LogP contribution < -0.4 is 18.9 Å². The van der Waals surface area contributed by atoms with Crippen LogP contribution in [0.1, 0.15) is 30.5 Å². The van der Waals surface area contributed by atoms with E-state index >= 15 is 0 Å². The average molecular weight is 480 g/mol. The topological polar surface area (TPSA) is 101 Å². The van der Waals surface area contributed by atoms with Gasteiger partial charge < -0.3 is 23.7 Å². The molecule has 9 nitrogen and oxygen atoms in total. The van der Waals surface area contributed by atoms with E-state index in [-0.39, 0.29) is 24.5 Å². The maximum Gasteiger partial charge on any atom is 0.307 e. The molecule has 1 atom stereocenters. The summed E-state index contributed by atoms with van der Waals surface area (Å²) in [5, 5.41) is 0. The molecular formula is C23H29NO8S. The summed E-state index contributed by atoms with van der Waals surface area (Å²) >= 11 is 0. The second-order valence-electron chi connectivity index (χ2n) is 7.31. The lowest BCUT2D eigenvalue weighted by atomic mass is 9.91. The van der Waals surface area contributed by atoms with Gasteiger partial charge in [-0.1, -0.05) is 0 Å². The van der Waals surface area contributed by atoms with Crippen molar-refractivity contribution in [2.75, 3.05) is 41.6 Å². The molecule has 1 aliphatic rings. The van der Waals surface area contributed by atoms with E-state index in [1.165, 1.54) is 50.9 Å². The molecule has 0 aliphatic carbocycles. The van der Waals surface area contributed by atoms with Crippen LogP contribution in [0.25, 0.3) is 0 Å². The zero-order valence-electron chi connectivity index (χ0n) is 19.4. The van der Waals surface area contributed by atoms with E-state index in [0.29, 0.717) is 35.0 Å². The summed E-state index contributed by atoms with van der Waals surface area (Å²) in [6, 6.07) is 7.20. The Balaban J connectivity index is 2.11. The molecule has 0 saturated heterocycles. The maximum atomic E-state index is 13.7. The fourth-order valence-electron chi connectivity index (χ4n) is 3.99. The van der Waals surface area contributed by atoms with Crippen molar-refractivity contribution in [2.24, 2.45) is 0 Å². The molecule has 1 aliphatic heterocycles. The molecule has 0 saturated carbocycles. The molecule has 1 unspecified atom stereocenters. The molecule has 2 aromatic rings. The molecule has 0 amide bonds. The van der Waals surface area contributed by atoms with Crippen LogP contribution in [0.3, 0.4) is 0 Å². The zero-order chi connectivity index (χ0) is 24.2. The first-order valence-electron chi connectivity index (χ1n) is 10.4. The Morgan fingerprint density at radius 3 is 2.15 bits per heavy atom. The van der Waals surface area contributed by atoms with Crippen molar-refractivity contribution < 1.29 is 36.9 Å². The maximum absolute atomic E-state index is 13.7. The third-order valence-corrected chi connectivity index (χ3v) is 7.48. The van der Waals surface area contributed by atoms with Crippen molar-refractivity contribution in [3.8, 4) is 23.0 Å². The Hall–Kier alpha value is -2.98. The smallest absolute Gasteiger partial charge is 0.307 e. The lowest BCUT2D eigenvalue weighted by Crippen LogP contribution is -2.41. The standard InChI is InChI=1S/C23H29NO8S/c1-6-32-23(25)14-18-17-13-22(31-5)20(29-3)11-15(17)9-10-24(18)33(26,27)16-7-8-19(28-2)21(12-16)30-4/h7-8,11-13,18H,6,9-10,14H2,1-5H3. The highest BCUT2D eigenvalue weighted by Crippen LogP contribution is 2.42. The number of hydrogen-bond donors (Lipinski definition) is 0. The first-order chi connectivity index (χ1) is 15.8. The molecule has 2 aromatic carbocycles. The molecule has 180 valence electrons. The Bertz CT molecular complexity index is 1120. The number of carbonyl (C=O) groups excluding carboxylic acids is 1. The van der Waals surface area contributed by atoms with Crippen molar-refractivity contribution in [3.63, 3.8) is 0 Å². The summed E-state index contributed by atoms with van der Waals surface area (Å²) in [7, 11) is 1.97. The van der Waals surface area contributed by atoms with Gasteiger partial charge in [-0.15, -0.1) is 0 Å². The van der Waals surface area contributed by atoms with Gasteiger partial charge >= 0.3 is 5.97 Å². The molecule has 0 bridgehead atoms. The summed E-state index contributed by atoms with van der Waals surface area (Å²) in [4.78, 5) is 12.5. The number of hydrogen-bond acceptors (Lipinski definition) is 8. The van der Waals surface area contributed by atoms with Gasteiger partial charge in [0.2, 0.25) is 10.0 Å². The summed E-state index contributed by atoms with van der Waals surface area (Å²) < 4.78 is 55.2. The highest BCUT2D eigenvalue weighted by atomic mass is 32.2. The van der Waals surface area contributed by atoms with Crippen molar-refractivity contribution >= 4 is 16.0 Å². The van der Waals surface area contributed by atoms with Gasteiger partial charge in [-0.25, -0.2) is 8.42 Å². The number of rotatable bonds is 9. The monoisotopic (exact) mass is 479 g/mol. The molecule has 0 fully saturated rings. The van der Waals surface area contributed by atoms with Gasteiger partial charge in [-0.05, 0) is 48.7 Å². The zero-order valence-corrected chi connectivity index (χ0v) is 20.2. The van der Waals surface area contributed by atoms with Crippen LogP contribution >= 0.6 is 0 Å². The van der Waals surface area contributed by atoms with E-state index in [0.717, 1.165) is 5.56 Å². The van der Waals surface area contributed by atoms with Crippen LogP contribution in [0.15, 0.2) is 35.2 Å². The molecule has 0 N–H and O–H groups in total. The fraction of sp³-hybridized carbons (Fsp3) is 0.435. The van der Waals surface area contributed by atoms with E-state index in [2.05, 4.69) is 0 Å². The van der Waals surface area contributed by atoms with Gasteiger partial charge in [-0.2, -0.15) is 4.31 Å². The molecule has 0 spiro atoms. The number of sulfonamides is 1. The molecule has 10 heteroatoms. The lowest BCUT2D eigenvalue weighted by molar-refractivity contribution is -0.144. The molecule has 0 aromatic heterocycles. The highest BCUT2D eigenvalue weighted by Gasteiger charge is 2.39. The average Bonchev–Trinajstić information content (AvgIpc) is 2.82. The van der Waals surface area contributed by atoms with Gasteiger partial charge in [0.05, 0.1) is 52.4 Å². The minimum Gasteiger partial charge on any atom is -0.493 e. The fourth-order valence-corrected chi connectivity index (χ4v) is 5.62. The van der Waals surface area contributed by atoms with Crippen LogP contribution in [-0.2, 0) is 26.0 Å². The van der Waals surface area contributed by atoms with Crippen LogP contribution in [0.5, 0.6) is 23.0 Å². The quantitative estimate of drug-likeness (QED) is 0.506. The number of ether oxygens (including phenoxy) is 5. The molecule has 1 heterocycles. The summed E-state index contributed by atoms with van der Waals surface area (Å²) in [5.74, 6) is 1.22. The number of nitrogens with zero attached hydrogens (tertiary/aromatic N) is 1. The van der Waals surface area contributed by atoms with Crippen molar-refractivity contribution in [2.45, 2.75) is 30.7 Å². The van der Waals surface area contributed by atoms with Gasteiger partial charge in [0.1, 0.15) is 0 Å². The number of methoxy groups -OCH3 is 4. The van der Waals surface area contributed by atoms with Crippen LogP contribution in [-0.4, -0.2) is 60.3 Å². The second-order valence-corrected chi connectivity index (χ2v) is 9.20. The van der Waals surface area contributed by atoms with Crippen molar-refractivity contribution in [1.29, 1.82) is 0 Å². The Kier molecular flexibility index (Phi) is 7.70. The predicted octanol–water partition coefficient (Wildman–Crippen LogP) is 2.96. The Morgan fingerprint density at radius 1 is 0.939 bits per heavy atom. The predicted molar refractivity (Wildman–Crippen MR) is 121 cm³/mol. The van der Waals surface area contributed by atoms with E-state index in [1.807, 2.05) is 6.07 Å². The molecular weight excluding hydrogens is 450 g/mol. The number of fused-ring (bicyclic) bond motifs is 1. The first kappa shape index (κ1) is 24.7. The third kappa shape index (κ3) is 4.86. The number of carbonyl (C=O) groups is 1. The van der Waals surface area contributed by atoms with Gasteiger partial charge in [0, 0.05) is 12.6 Å². The first-order valence-corrected chi connectivity index (χ1v) is 11.9. The summed E-state index contributed by atoms with van der Waals surface area (Å²) in [6.45, 7) is 2.09.